The maximum Gasteiger partial charge on any atom is 0.344 e. The van der Waals surface area contributed by atoms with Gasteiger partial charge in [-0.05, 0) is 38.2 Å². The van der Waals surface area contributed by atoms with E-state index in [0.29, 0.717) is 35.2 Å². The molecule has 1 amide bonds. The molecule has 0 bridgehead atoms. The number of carbonyl (C=O) groups is 2. The van der Waals surface area contributed by atoms with Crippen LogP contribution in [0.5, 0.6) is 5.75 Å². The molecule has 31 heavy (non-hydrogen) atoms. The van der Waals surface area contributed by atoms with Crippen LogP contribution in [0, 0.1) is 11.7 Å². The minimum Gasteiger partial charge on any atom is -0.482 e. The molecule has 1 aromatic heterocycles. The summed E-state index contributed by atoms with van der Waals surface area (Å²) in [6.45, 7) is 4.23. The second-order valence-electron chi connectivity index (χ2n) is 6.79. The molecule has 0 spiro atoms. The largest absolute Gasteiger partial charge is 0.482 e. The van der Waals surface area contributed by atoms with Crippen LogP contribution in [0.4, 0.5) is 5.69 Å². The SMILES string of the molecule is CCOC(=O)COc1cccc(NC(=O)CCn2c(-c3ccc(C)cc3)n[nH]c2=S)c1. The Bertz CT molecular complexity index is 1110. The van der Waals surface area contributed by atoms with Crippen molar-refractivity contribution in [1.29, 1.82) is 0 Å². The number of rotatable bonds is 9. The smallest absolute Gasteiger partial charge is 0.344 e. The highest BCUT2D eigenvalue weighted by molar-refractivity contribution is 7.71. The number of hydrogen-bond acceptors (Lipinski definition) is 6. The molecule has 0 saturated heterocycles. The summed E-state index contributed by atoms with van der Waals surface area (Å²) in [6.07, 6.45) is 0.209. The van der Waals surface area contributed by atoms with Crippen molar-refractivity contribution in [2.75, 3.05) is 18.5 Å². The Hall–Kier alpha value is -3.46. The van der Waals surface area contributed by atoms with Gasteiger partial charge in [-0.3, -0.25) is 14.5 Å². The maximum absolute atomic E-state index is 12.5. The van der Waals surface area contributed by atoms with E-state index in [0.717, 1.165) is 11.1 Å². The number of aryl methyl sites for hydroxylation is 1. The van der Waals surface area contributed by atoms with Gasteiger partial charge in [0, 0.05) is 30.3 Å². The van der Waals surface area contributed by atoms with Gasteiger partial charge in [-0.15, -0.1) is 0 Å². The lowest BCUT2D eigenvalue weighted by Crippen LogP contribution is -2.16. The number of hydrogen-bond donors (Lipinski definition) is 2. The van der Waals surface area contributed by atoms with Gasteiger partial charge >= 0.3 is 5.97 Å². The van der Waals surface area contributed by atoms with E-state index in [4.69, 9.17) is 21.7 Å². The van der Waals surface area contributed by atoms with Crippen LogP contribution < -0.4 is 10.1 Å². The van der Waals surface area contributed by atoms with Crippen LogP contribution in [-0.4, -0.2) is 39.9 Å². The molecule has 2 N–H and O–H groups in total. The molecule has 0 radical (unpaired) electrons. The van der Waals surface area contributed by atoms with E-state index in [1.165, 1.54) is 0 Å². The summed E-state index contributed by atoms with van der Waals surface area (Å²) >= 11 is 5.33. The van der Waals surface area contributed by atoms with Crippen molar-refractivity contribution >= 4 is 29.8 Å². The third kappa shape index (κ3) is 6.26. The fraction of sp³-hybridized carbons (Fsp3) is 0.273. The number of esters is 1. The minimum absolute atomic E-state index is 0.180. The maximum atomic E-state index is 12.5. The summed E-state index contributed by atoms with van der Waals surface area (Å²) in [6, 6.07) is 14.8. The fourth-order valence-electron chi connectivity index (χ4n) is 2.89. The lowest BCUT2D eigenvalue weighted by atomic mass is 10.1. The first kappa shape index (κ1) is 22.2. The average Bonchev–Trinajstić information content (AvgIpc) is 3.12. The summed E-state index contributed by atoms with van der Waals surface area (Å²) in [5.74, 6) is 0.524. The normalized spacial score (nSPS) is 10.5. The molecule has 0 aliphatic rings. The topological polar surface area (TPSA) is 98.2 Å². The van der Waals surface area contributed by atoms with Crippen molar-refractivity contribution < 1.29 is 19.1 Å². The van der Waals surface area contributed by atoms with Crippen LogP contribution in [-0.2, 0) is 20.9 Å². The third-order valence-electron chi connectivity index (χ3n) is 4.41. The van der Waals surface area contributed by atoms with Crippen LogP contribution >= 0.6 is 12.2 Å². The van der Waals surface area contributed by atoms with E-state index in [1.807, 2.05) is 31.2 Å². The summed E-state index contributed by atoms with van der Waals surface area (Å²) < 4.78 is 12.5. The Morgan fingerprint density at radius 2 is 1.97 bits per heavy atom. The zero-order valence-electron chi connectivity index (χ0n) is 17.4. The molecule has 0 saturated carbocycles. The number of ether oxygens (including phenoxy) is 2. The predicted molar refractivity (Wildman–Crippen MR) is 119 cm³/mol. The Labute approximate surface area is 185 Å². The molecule has 0 atom stereocenters. The zero-order valence-corrected chi connectivity index (χ0v) is 18.2. The Morgan fingerprint density at radius 1 is 1.19 bits per heavy atom. The van der Waals surface area contributed by atoms with Crippen molar-refractivity contribution in [1.82, 2.24) is 14.8 Å². The van der Waals surface area contributed by atoms with Crippen LogP contribution in [0.3, 0.4) is 0 Å². The second-order valence-corrected chi connectivity index (χ2v) is 7.18. The van der Waals surface area contributed by atoms with E-state index in [2.05, 4.69) is 15.5 Å². The molecule has 1 heterocycles. The standard InChI is InChI=1S/C22H24N4O4S/c1-3-29-20(28)14-30-18-6-4-5-17(13-18)23-19(27)11-12-26-21(24-25-22(26)31)16-9-7-15(2)8-10-16/h4-10,13H,3,11-12,14H2,1-2H3,(H,23,27)(H,25,31). The highest BCUT2D eigenvalue weighted by atomic mass is 32.1. The Balaban J connectivity index is 1.59. The van der Waals surface area contributed by atoms with E-state index in [9.17, 15) is 9.59 Å². The summed E-state index contributed by atoms with van der Waals surface area (Å²) in [5.41, 5.74) is 2.64. The van der Waals surface area contributed by atoms with Crippen LogP contribution in [0.2, 0.25) is 0 Å². The quantitative estimate of drug-likeness (QED) is 0.387. The number of nitrogens with one attached hydrogen (secondary N) is 2. The molecular formula is C22H24N4O4S. The lowest BCUT2D eigenvalue weighted by molar-refractivity contribution is -0.145. The Morgan fingerprint density at radius 3 is 2.71 bits per heavy atom. The first-order valence-electron chi connectivity index (χ1n) is 9.87. The summed E-state index contributed by atoms with van der Waals surface area (Å²) in [4.78, 5) is 23.9. The van der Waals surface area contributed by atoms with Crippen LogP contribution in [0.25, 0.3) is 11.4 Å². The number of H-pyrrole nitrogens is 1. The van der Waals surface area contributed by atoms with Crippen molar-refractivity contribution in [2.24, 2.45) is 0 Å². The molecule has 3 rings (SSSR count). The van der Waals surface area contributed by atoms with Gasteiger partial charge < -0.3 is 14.8 Å². The van der Waals surface area contributed by atoms with Gasteiger partial charge in [0.15, 0.2) is 17.2 Å². The monoisotopic (exact) mass is 440 g/mol. The number of carbonyl (C=O) groups excluding carboxylic acids is 2. The Kier molecular flexibility index (Phi) is 7.55. The first-order chi connectivity index (χ1) is 15.0. The van der Waals surface area contributed by atoms with Gasteiger partial charge in [-0.25, -0.2) is 4.79 Å². The third-order valence-corrected chi connectivity index (χ3v) is 4.72. The molecule has 0 unspecified atom stereocenters. The van der Waals surface area contributed by atoms with Gasteiger partial charge in [0.2, 0.25) is 5.91 Å². The second kappa shape index (κ2) is 10.5. The van der Waals surface area contributed by atoms with Crippen molar-refractivity contribution in [3.05, 3.63) is 58.9 Å². The highest BCUT2D eigenvalue weighted by Gasteiger charge is 2.11. The fourth-order valence-corrected chi connectivity index (χ4v) is 3.12. The average molecular weight is 441 g/mol. The molecule has 2 aromatic carbocycles. The number of nitrogens with zero attached hydrogens (tertiary/aromatic N) is 2. The van der Waals surface area contributed by atoms with Crippen LogP contribution in [0.1, 0.15) is 18.9 Å². The molecule has 0 aliphatic heterocycles. The minimum atomic E-state index is -0.446. The first-order valence-corrected chi connectivity index (χ1v) is 10.3. The molecule has 0 fully saturated rings. The lowest BCUT2D eigenvalue weighted by Gasteiger charge is -2.10. The number of amides is 1. The van der Waals surface area contributed by atoms with Gasteiger partial charge in [-0.1, -0.05) is 35.9 Å². The van der Waals surface area contributed by atoms with Crippen molar-refractivity contribution in [2.45, 2.75) is 26.8 Å². The van der Waals surface area contributed by atoms with Gasteiger partial charge in [0.25, 0.3) is 0 Å². The van der Waals surface area contributed by atoms with Crippen molar-refractivity contribution in [3.63, 3.8) is 0 Å². The summed E-state index contributed by atoms with van der Waals surface area (Å²) in [5, 5.41) is 9.92. The molecule has 3 aromatic rings. The molecule has 8 nitrogen and oxygen atoms in total. The van der Waals surface area contributed by atoms with Crippen LogP contribution in [0.15, 0.2) is 48.5 Å². The molecule has 0 aliphatic carbocycles. The molecular weight excluding hydrogens is 416 g/mol. The molecule has 9 heteroatoms. The predicted octanol–water partition coefficient (Wildman–Crippen LogP) is 3.89. The van der Waals surface area contributed by atoms with E-state index >= 15 is 0 Å². The van der Waals surface area contributed by atoms with E-state index in [1.54, 1.807) is 35.8 Å². The summed E-state index contributed by atoms with van der Waals surface area (Å²) in [7, 11) is 0. The number of aromatic amines is 1. The highest BCUT2D eigenvalue weighted by Crippen LogP contribution is 2.20. The van der Waals surface area contributed by atoms with Gasteiger partial charge in [0.05, 0.1) is 6.61 Å². The zero-order chi connectivity index (χ0) is 22.2. The number of aromatic nitrogens is 3. The number of benzene rings is 2. The van der Waals surface area contributed by atoms with Crippen molar-refractivity contribution in [3.8, 4) is 17.1 Å². The van der Waals surface area contributed by atoms with E-state index < -0.39 is 5.97 Å². The molecule has 162 valence electrons. The van der Waals surface area contributed by atoms with E-state index in [-0.39, 0.29) is 18.9 Å². The van der Waals surface area contributed by atoms with Gasteiger partial charge in [0.1, 0.15) is 5.75 Å². The number of anilines is 1. The van der Waals surface area contributed by atoms with Gasteiger partial charge in [-0.2, -0.15) is 5.10 Å².